The molecule has 5 nitrogen and oxygen atoms in total. The predicted octanol–water partition coefficient (Wildman–Crippen LogP) is 0.666. The SMILES string of the molecule is CN1CCC(CNC(=O)CC2COCCN2)CC1.Cl.Cl. The average molecular weight is 328 g/mol. The molecular weight excluding hydrogens is 301 g/mol. The van der Waals surface area contributed by atoms with Crippen molar-refractivity contribution < 1.29 is 9.53 Å². The Kier molecular flexibility index (Phi) is 10.6. The molecule has 0 aliphatic carbocycles. The van der Waals surface area contributed by atoms with Gasteiger partial charge in [0.15, 0.2) is 0 Å². The normalized spacial score (nSPS) is 24.4. The monoisotopic (exact) mass is 327 g/mol. The highest BCUT2D eigenvalue weighted by molar-refractivity contribution is 5.85. The number of nitrogens with one attached hydrogen (secondary N) is 2. The van der Waals surface area contributed by atoms with Crippen molar-refractivity contribution in [3.8, 4) is 0 Å². The molecule has 0 radical (unpaired) electrons. The number of hydrogen-bond acceptors (Lipinski definition) is 4. The van der Waals surface area contributed by atoms with Crippen LogP contribution < -0.4 is 10.6 Å². The van der Waals surface area contributed by atoms with E-state index in [1.54, 1.807) is 0 Å². The van der Waals surface area contributed by atoms with Crippen LogP contribution in [0.2, 0.25) is 0 Å². The lowest BCUT2D eigenvalue weighted by molar-refractivity contribution is -0.122. The maximum absolute atomic E-state index is 11.8. The number of carbonyl (C=O) groups is 1. The van der Waals surface area contributed by atoms with E-state index in [0.717, 1.165) is 32.8 Å². The second-order valence-electron chi connectivity index (χ2n) is 5.48. The minimum atomic E-state index is 0. The summed E-state index contributed by atoms with van der Waals surface area (Å²) in [5.41, 5.74) is 0. The second-order valence-corrected chi connectivity index (χ2v) is 5.48. The molecule has 1 atom stereocenters. The van der Waals surface area contributed by atoms with Crippen molar-refractivity contribution in [1.29, 1.82) is 0 Å². The summed E-state index contributed by atoms with van der Waals surface area (Å²) in [5.74, 6) is 0.803. The van der Waals surface area contributed by atoms with Gasteiger partial charge in [-0.15, -0.1) is 24.8 Å². The molecule has 0 aromatic heterocycles. The Labute approximate surface area is 134 Å². The van der Waals surface area contributed by atoms with E-state index in [1.807, 2.05) is 0 Å². The van der Waals surface area contributed by atoms with Gasteiger partial charge in [0.2, 0.25) is 5.91 Å². The van der Waals surface area contributed by atoms with Crippen molar-refractivity contribution in [3.05, 3.63) is 0 Å². The highest BCUT2D eigenvalue weighted by atomic mass is 35.5. The first kappa shape index (κ1) is 19.9. The van der Waals surface area contributed by atoms with E-state index in [1.165, 1.54) is 12.8 Å². The molecule has 0 bridgehead atoms. The molecule has 0 aromatic carbocycles. The summed E-state index contributed by atoms with van der Waals surface area (Å²) in [6, 6.07) is 0.191. The van der Waals surface area contributed by atoms with Crippen LogP contribution in [0.5, 0.6) is 0 Å². The molecule has 120 valence electrons. The molecule has 1 unspecified atom stereocenters. The first-order valence-corrected chi connectivity index (χ1v) is 7.00. The van der Waals surface area contributed by atoms with Gasteiger partial charge in [0.05, 0.1) is 13.2 Å². The fourth-order valence-electron chi connectivity index (χ4n) is 2.57. The molecule has 2 N–H and O–H groups in total. The van der Waals surface area contributed by atoms with Crippen LogP contribution >= 0.6 is 24.8 Å². The van der Waals surface area contributed by atoms with Crippen LogP contribution in [0.4, 0.5) is 0 Å². The van der Waals surface area contributed by atoms with E-state index < -0.39 is 0 Å². The number of morpholine rings is 1. The third-order valence-corrected chi connectivity index (χ3v) is 3.86. The topological polar surface area (TPSA) is 53.6 Å². The zero-order chi connectivity index (χ0) is 12.8. The summed E-state index contributed by atoms with van der Waals surface area (Å²) in [6.07, 6.45) is 2.93. The van der Waals surface area contributed by atoms with E-state index >= 15 is 0 Å². The Morgan fingerprint density at radius 1 is 1.35 bits per heavy atom. The van der Waals surface area contributed by atoms with Gasteiger partial charge in [0.1, 0.15) is 0 Å². The van der Waals surface area contributed by atoms with E-state index in [2.05, 4.69) is 22.6 Å². The average Bonchev–Trinajstić information content (AvgIpc) is 2.39. The number of ether oxygens (including phenoxy) is 1. The molecule has 2 fully saturated rings. The lowest BCUT2D eigenvalue weighted by atomic mass is 9.97. The van der Waals surface area contributed by atoms with Gasteiger partial charge in [0, 0.05) is 25.6 Å². The van der Waals surface area contributed by atoms with Gasteiger partial charge in [-0.25, -0.2) is 0 Å². The van der Waals surface area contributed by atoms with Crippen molar-refractivity contribution in [2.24, 2.45) is 5.92 Å². The molecule has 2 aliphatic rings. The Hall–Kier alpha value is -0.0700. The maximum Gasteiger partial charge on any atom is 0.221 e. The first-order chi connectivity index (χ1) is 8.74. The molecule has 7 heteroatoms. The minimum Gasteiger partial charge on any atom is -0.378 e. The van der Waals surface area contributed by atoms with Crippen molar-refractivity contribution in [1.82, 2.24) is 15.5 Å². The molecule has 2 heterocycles. The molecule has 2 saturated heterocycles. The van der Waals surface area contributed by atoms with Gasteiger partial charge >= 0.3 is 0 Å². The molecule has 0 spiro atoms. The fourth-order valence-corrected chi connectivity index (χ4v) is 2.57. The van der Waals surface area contributed by atoms with Gasteiger partial charge in [-0.05, 0) is 38.9 Å². The number of halogens is 2. The largest absolute Gasteiger partial charge is 0.378 e. The maximum atomic E-state index is 11.8. The quantitative estimate of drug-likeness (QED) is 0.796. The lowest BCUT2D eigenvalue weighted by Crippen LogP contribution is -2.45. The summed E-state index contributed by atoms with van der Waals surface area (Å²) >= 11 is 0. The van der Waals surface area contributed by atoms with Crippen LogP contribution in [0.25, 0.3) is 0 Å². The Bertz CT molecular complexity index is 268. The van der Waals surface area contributed by atoms with E-state index in [0.29, 0.717) is 18.9 Å². The highest BCUT2D eigenvalue weighted by Crippen LogP contribution is 2.14. The Balaban J connectivity index is 0.00000180. The van der Waals surface area contributed by atoms with E-state index in [-0.39, 0.29) is 36.8 Å². The summed E-state index contributed by atoms with van der Waals surface area (Å²) in [5, 5.41) is 6.36. The second kappa shape index (κ2) is 10.6. The molecule has 2 aliphatic heterocycles. The van der Waals surface area contributed by atoms with Crippen LogP contribution in [0.1, 0.15) is 19.3 Å². The van der Waals surface area contributed by atoms with Gasteiger partial charge in [-0.1, -0.05) is 0 Å². The zero-order valence-corrected chi connectivity index (χ0v) is 13.7. The first-order valence-electron chi connectivity index (χ1n) is 7.00. The van der Waals surface area contributed by atoms with E-state index in [4.69, 9.17) is 4.74 Å². The molecular formula is C13H27Cl2N3O2. The van der Waals surface area contributed by atoms with Gasteiger partial charge in [0.25, 0.3) is 0 Å². The molecule has 0 aromatic rings. The third kappa shape index (κ3) is 7.09. The zero-order valence-electron chi connectivity index (χ0n) is 12.1. The standard InChI is InChI=1S/C13H25N3O2.2ClH/c1-16-5-2-11(3-6-16)9-15-13(17)8-12-10-18-7-4-14-12;;/h11-12,14H,2-10H2,1H3,(H,15,17);2*1H. The van der Waals surface area contributed by atoms with Crippen LogP contribution in [0, 0.1) is 5.92 Å². The number of piperidine rings is 1. The summed E-state index contributed by atoms with van der Waals surface area (Å²) in [7, 11) is 2.16. The Morgan fingerprint density at radius 2 is 2.05 bits per heavy atom. The highest BCUT2D eigenvalue weighted by Gasteiger charge is 2.19. The smallest absolute Gasteiger partial charge is 0.221 e. The summed E-state index contributed by atoms with van der Waals surface area (Å²) in [4.78, 5) is 14.1. The van der Waals surface area contributed by atoms with Crippen molar-refractivity contribution in [2.45, 2.75) is 25.3 Å². The number of amides is 1. The van der Waals surface area contributed by atoms with Gasteiger partial charge in [-0.2, -0.15) is 0 Å². The van der Waals surface area contributed by atoms with Crippen molar-refractivity contribution >= 4 is 30.7 Å². The number of likely N-dealkylation sites (tertiary alicyclic amines) is 1. The number of hydrogen-bond donors (Lipinski definition) is 2. The molecule has 20 heavy (non-hydrogen) atoms. The summed E-state index contributed by atoms with van der Waals surface area (Å²) in [6.45, 7) is 5.40. The molecule has 2 rings (SSSR count). The lowest BCUT2D eigenvalue weighted by Gasteiger charge is -2.29. The van der Waals surface area contributed by atoms with Crippen molar-refractivity contribution in [2.75, 3.05) is 46.4 Å². The van der Waals surface area contributed by atoms with Crippen molar-refractivity contribution in [3.63, 3.8) is 0 Å². The summed E-state index contributed by atoms with van der Waals surface area (Å²) < 4.78 is 5.34. The number of nitrogens with zero attached hydrogens (tertiary/aromatic N) is 1. The molecule has 1 amide bonds. The fraction of sp³-hybridized carbons (Fsp3) is 0.923. The number of carbonyl (C=O) groups excluding carboxylic acids is 1. The number of rotatable bonds is 4. The van der Waals surface area contributed by atoms with Crippen LogP contribution in [0.3, 0.4) is 0 Å². The predicted molar refractivity (Wildman–Crippen MR) is 85.0 cm³/mol. The van der Waals surface area contributed by atoms with Gasteiger partial charge in [-0.3, -0.25) is 4.79 Å². The van der Waals surface area contributed by atoms with Gasteiger partial charge < -0.3 is 20.3 Å². The van der Waals surface area contributed by atoms with Crippen LogP contribution in [-0.4, -0.2) is 63.3 Å². The van der Waals surface area contributed by atoms with E-state index in [9.17, 15) is 4.79 Å². The third-order valence-electron chi connectivity index (χ3n) is 3.86. The van der Waals surface area contributed by atoms with Crippen LogP contribution in [0.15, 0.2) is 0 Å². The minimum absolute atomic E-state index is 0. The van der Waals surface area contributed by atoms with Crippen LogP contribution in [-0.2, 0) is 9.53 Å². The Morgan fingerprint density at radius 3 is 2.65 bits per heavy atom. The molecule has 0 saturated carbocycles.